The Balaban J connectivity index is 2.09. The van der Waals surface area contributed by atoms with E-state index < -0.39 is 10.2 Å². The number of aryl methyl sites for hydroxylation is 1. The van der Waals surface area contributed by atoms with Crippen LogP contribution in [0.3, 0.4) is 0 Å². The highest BCUT2D eigenvalue weighted by atomic mass is 32.2. The molecule has 0 amide bonds. The lowest BCUT2D eigenvalue weighted by Crippen LogP contribution is -2.52. The van der Waals surface area contributed by atoms with Crippen LogP contribution < -0.4 is 10.0 Å². The minimum Gasteiger partial charge on any atom is -0.312 e. The van der Waals surface area contributed by atoms with Gasteiger partial charge in [0.05, 0.1) is 0 Å². The molecule has 1 heterocycles. The molecule has 1 atom stereocenters. The highest BCUT2D eigenvalue weighted by Gasteiger charge is 2.26. The number of benzene rings is 1. The monoisotopic (exact) mass is 269 g/mol. The molecule has 0 saturated carbocycles. The number of hydrogen-bond donors (Lipinski definition) is 2. The van der Waals surface area contributed by atoms with Gasteiger partial charge in [0.15, 0.2) is 0 Å². The SMILES string of the molecule is Cc1ccc(NS(=O)(=O)N2CCN[C@H](C)C2)cc1. The van der Waals surface area contributed by atoms with Gasteiger partial charge in [0.1, 0.15) is 0 Å². The number of nitrogens with one attached hydrogen (secondary N) is 2. The molecular weight excluding hydrogens is 250 g/mol. The van der Waals surface area contributed by atoms with E-state index in [0.29, 0.717) is 25.3 Å². The summed E-state index contributed by atoms with van der Waals surface area (Å²) < 4.78 is 28.4. The molecule has 1 saturated heterocycles. The third kappa shape index (κ3) is 3.22. The first-order chi connectivity index (χ1) is 8.47. The molecule has 100 valence electrons. The Labute approximate surface area is 108 Å². The molecule has 5 nitrogen and oxygen atoms in total. The van der Waals surface area contributed by atoms with E-state index in [1.807, 2.05) is 26.0 Å². The summed E-state index contributed by atoms with van der Waals surface area (Å²) in [5.74, 6) is 0. The van der Waals surface area contributed by atoms with Gasteiger partial charge in [-0.2, -0.15) is 12.7 Å². The van der Waals surface area contributed by atoms with Crippen LogP contribution in [-0.2, 0) is 10.2 Å². The zero-order valence-corrected chi connectivity index (χ0v) is 11.5. The van der Waals surface area contributed by atoms with Crippen LogP contribution in [0, 0.1) is 6.92 Å². The van der Waals surface area contributed by atoms with Crippen LogP contribution in [-0.4, -0.2) is 38.4 Å². The van der Waals surface area contributed by atoms with Gasteiger partial charge in [-0.25, -0.2) is 0 Å². The van der Waals surface area contributed by atoms with Crippen LogP contribution in [0.2, 0.25) is 0 Å². The number of nitrogens with zero attached hydrogens (tertiary/aromatic N) is 1. The molecule has 1 aliphatic heterocycles. The van der Waals surface area contributed by atoms with Crippen molar-refractivity contribution < 1.29 is 8.42 Å². The summed E-state index contributed by atoms with van der Waals surface area (Å²) in [4.78, 5) is 0. The molecule has 0 radical (unpaired) electrons. The fourth-order valence-electron chi connectivity index (χ4n) is 1.95. The molecule has 1 aromatic carbocycles. The smallest absolute Gasteiger partial charge is 0.301 e. The maximum Gasteiger partial charge on any atom is 0.301 e. The maximum absolute atomic E-state index is 12.2. The Morgan fingerprint density at radius 2 is 2.00 bits per heavy atom. The number of hydrogen-bond acceptors (Lipinski definition) is 3. The van der Waals surface area contributed by atoms with Crippen LogP contribution in [0.1, 0.15) is 12.5 Å². The molecule has 0 aromatic heterocycles. The fraction of sp³-hybridized carbons (Fsp3) is 0.500. The molecule has 1 aromatic rings. The molecule has 0 spiro atoms. The number of rotatable bonds is 3. The van der Waals surface area contributed by atoms with Crippen LogP contribution in [0.25, 0.3) is 0 Å². The molecule has 2 rings (SSSR count). The third-order valence-electron chi connectivity index (χ3n) is 2.97. The van der Waals surface area contributed by atoms with Gasteiger partial charge in [-0.05, 0) is 26.0 Å². The molecule has 0 bridgehead atoms. The normalized spacial score (nSPS) is 21.8. The third-order valence-corrected chi connectivity index (χ3v) is 4.47. The van der Waals surface area contributed by atoms with Crippen LogP contribution in [0.4, 0.5) is 5.69 Å². The number of piperazine rings is 1. The van der Waals surface area contributed by atoms with Gasteiger partial charge in [-0.3, -0.25) is 4.72 Å². The lowest BCUT2D eigenvalue weighted by Gasteiger charge is -2.31. The van der Waals surface area contributed by atoms with Crippen molar-refractivity contribution in [1.82, 2.24) is 9.62 Å². The second kappa shape index (κ2) is 5.26. The Morgan fingerprint density at radius 1 is 1.33 bits per heavy atom. The van der Waals surface area contributed by atoms with Crippen LogP contribution in [0.15, 0.2) is 24.3 Å². The molecule has 0 aliphatic carbocycles. The van der Waals surface area contributed by atoms with E-state index in [1.54, 1.807) is 12.1 Å². The first kappa shape index (κ1) is 13.3. The Bertz CT molecular complexity index is 499. The van der Waals surface area contributed by atoms with Gasteiger partial charge in [-0.1, -0.05) is 17.7 Å². The minimum atomic E-state index is -3.44. The van der Waals surface area contributed by atoms with Gasteiger partial charge >= 0.3 is 10.2 Å². The maximum atomic E-state index is 12.2. The van der Waals surface area contributed by atoms with Gasteiger partial charge in [0.2, 0.25) is 0 Å². The summed E-state index contributed by atoms with van der Waals surface area (Å²) in [6.07, 6.45) is 0. The summed E-state index contributed by atoms with van der Waals surface area (Å²) in [5.41, 5.74) is 1.71. The fourth-order valence-corrected chi connectivity index (χ4v) is 3.26. The van der Waals surface area contributed by atoms with Gasteiger partial charge in [0, 0.05) is 31.4 Å². The van der Waals surface area contributed by atoms with Crippen molar-refractivity contribution >= 4 is 15.9 Å². The summed E-state index contributed by atoms with van der Waals surface area (Å²) in [6.45, 7) is 5.65. The van der Waals surface area contributed by atoms with Crippen molar-refractivity contribution in [3.8, 4) is 0 Å². The Morgan fingerprint density at radius 3 is 2.61 bits per heavy atom. The van der Waals surface area contributed by atoms with Crippen molar-refractivity contribution in [2.24, 2.45) is 0 Å². The molecule has 6 heteroatoms. The molecule has 0 unspecified atom stereocenters. The van der Waals surface area contributed by atoms with Crippen molar-refractivity contribution in [2.45, 2.75) is 19.9 Å². The molecule has 1 aliphatic rings. The van der Waals surface area contributed by atoms with Crippen LogP contribution >= 0.6 is 0 Å². The zero-order valence-electron chi connectivity index (χ0n) is 10.7. The van der Waals surface area contributed by atoms with E-state index in [1.165, 1.54) is 4.31 Å². The minimum absolute atomic E-state index is 0.188. The summed E-state index contributed by atoms with van der Waals surface area (Å²) in [7, 11) is -3.44. The quantitative estimate of drug-likeness (QED) is 0.858. The van der Waals surface area contributed by atoms with E-state index in [4.69, 9.17) is 0 Å². The first-order valence-electron chi connectivity index (χ1n) is 6.05. The summed E-state index contributed by atoms with van der Waals surface area (Å²) in [6, 6.07) is 7.52. The lowest BCUT2D eigenvalue weighted by molar-refractivity contribution is 0.312. The largest absolute Gasteiger partial charge is 0.312 e. The standard InChI is InChI=1S/C12H19N3O2S/c1-10-3-5-12(6-4-10)14-18(16,17)15-8-7-13-11(2)9-15/h3-6,11,13-14H,7-9H2,1-2H3/t11-/m1/s1. The molecule has 18 heavy (non-hydrogen) atoms. The van der Waals surface area contributed by atoms with Crippen molar-refractivity contribution in [2.75, 3.05) is 24.4 Å². The van der Waals surface area contributed by atoms with E-state index in [-0.39, 0.29) is 6.04 Å². The van der Waals surface area contributed by atoms with E-state index in [0.717, 1.165) is 5.56 Å². The van der Waals surface area contributed by atoms with Crippen molar-refractivity contribution in [1.29, 1.82) is 0 Å². The zero-order chi connectivity index (χ0) is 13.2. The molecule has 2 N–H and O–H groups in total. The van der Waals surface area contributed by atoms with E-state index in [9.17, 15) is 8.42 Å². The topological polar surface area (TPSA) is 61.4 Å². The summed E-state index contributed by atoms with van der Waals surface area (Å²) >= 11 is 0. The highest BCUT2D eigenvalue weighted by Crippen LogP contribution is 2.14. The second-order valence-electron chi connectivity index (χ2n) is 4.69. The molecular formula is C12H19N3O2S. The average Bonchev–Trinajstić information content (AvgIpc) is 2.32. The van der Waals surface area contributed by atoms with E-state index >= 15 is 0 Å². The first-order valence-corrected chi connectivity index (χ1v) is 7.49. The predicted molar refractivity (Wildman–Crippen MR) is 72.8 cm³/mol. The van der Waals surface area contributed by atoms with Gasteiger partial charge in [0.25, 0.3) is 0 Å². The second-order valence-corrected chi connectivity index (χ2v) is 6.36. The highest BCUT2D eigenvalue weighted by molar-refractivity contribution is 7.90. The lowest BCUT2D eigenvalue weighted by atomic mass is 10.2. The summed E-state index contributed by atoms with van der Waals surface area (Å²) in [5, 5.41) is 3.22. The van der Waals surface area contributed by atoms with Gasteiger partial charge in [-0.15, -0.1) is 0 Å². The average molecular weight is 269 g/mol. The predicted octanol–water partition coefficient (Wildman–Crippen LogP) is 0.945. The van der Waals surface area contributed by atoms with Crippen LogP contribution in [0.5, 0.6) is 0 Å². The van der Waals surface area contributed by atoms with Crippen molar-refractivity contribution in [3.63, 3.8) is 0 Å². The van der Waals surface area contributed by atoms with Crippen molar-refractivity contribution in [3.05, 3.63) is 29.8 Å². The Kier molecular flexibility index (Phi) is 3.89. The Hall–Kier alpha value is -1.11. The van der Waals surface area contributed by atoms with Gasteiger partial charge < -0.3 is 5.32 Å². The van der Waals surface area contributed by atoms with E-state index in [2.05, 4.69) is 10.0 Å². The number of anilines is 1. The molecule has 1 fully saturated rings.